The van der Waals surface area contributed by atoms with Crippen LogP contribution in [0.25, 0.3) is 0 Å². The van der Waals surface area contributed by atoms with Crippen LogP contribution in [0.2, 0.25) is 0 Å². The van der Waals surface area contributed by atoms with Gasteiger partial charge in [0.2, 0.25) is 0 Å². The Morgan fingerprint density at radius 2 is 1.25 bits per heavy atom. The molecule has 0 saturated carbocycles. The normalized spacial score (nSPS) is 15.7. The number of hydrogen-bond donors (Lipinski definition) is 0. The molecular formula is C11H27O3PS. The molecule has 16 heavy (non-hydrogen) atoms. The summed E-state index contributed by atoms with van der Waals surface area (Å²) in [6.07, 6.45) is 6.90. The van der Waals surface area contributed by atoms with Gasteiger partial charge in [0.15, 0.2) is 0 Å². The van der Waals surface area contributed by atoms with Gasteiger partial charge >= 0.3 is 101 Å². The molecule has 0 aliphatic rings. The molecule has 0 saturated heterocycles. The van der Waals surface area contributed by atoms with Gasteiger partial charge in [-0.3, -0.25) is 0 Å². The van der Waals surface area contributed by atoms with E-state index in [0.29, 0.717) is 0 Å². The van der Waals surface area contributed by atoms with Crippen molar-refractivity contribution in [2.75, 3.05) is 31.4 Å². The van der Waals surface area contributed by atoms with Gasteiger partial charge in [-0.15, -0.1) is 0 Å². The molecule has 0 heterocycles. The van der Waals surface area contributed by atoms with E-state index in [2.05, 4.69) is 27.4 Å². The Kier molecular flexibility index (Phi) is 5.91. The first-order valence-electron chi connectivity index (χ1n) is 6.11. The standard InChI is InChI=1S/C11H27O3PS/c1-6-9-15(4,10-7-2,11-8-3)14-16(5,12)13/h6-11H2,1-5H3. The third-order valence-electron chi connectivity index (χ3n) is 2.93. The molecule has 0 atom stereocenters. The molecule has 0 amide bonds. The van der Waals surface area contributed by atoms with Crippen LogP contribution in [-0.4, -0.2) is 39.8 Å². The topological polar surface area (TPSA) is 43.4 Å². The zero-order chi connectivity index (χ0) is 12.9. The average molecular weight is 270 g/mol. The van der Waals surface area contributed by atoms with Crippen LogP contribution in [0.5, 0.6) is 0 Å². The van der Waals surface area contributed by atoms with E-state index in [-0.39, 0.29) is 0 Å². The van der Waals surface area contributed by atoms with E-state index < -0.39 is 16.9 Å². The van der Waals surface area contributed by atoms with Gasteiger partial charge in [0.05, 0.1) is 0 Å². The van der Waals surface area contributed by atoms with Crippen LogP contribution >= 0.6 is 6.83 Å². The van der Waals surface area contributed by atoms with Crippen molar-refractivity contribution >= 4 is 16.9 Å². The molecular weight excluding hydrogens is 243 g/mol. The first-order valence-corrected chi connectivity index (χ1v) is 11.1. The van der Waals surface area contributed by atoms with Crippen molar-refractivity contribution in [2.45, 2.75) is 40.0 Å². The van der Waals surface area contributed by atoms with E-state index in [1.54, 1.807) is 0 Å². The third kappa shape index (κ3) is 5.11. The minimum absolute atomic E-state index is 0.917. The van der Waals surface area contributed by atoms with Crippen molar-refractivity contribution in [3.05, 3.63) is 0 Å². The van der Waals surface area contributed by atoms with E-state index in [9.17, 15) is 8.42 Å². The zero-order valence-corrected chi connectivity index (χ0v) is 13.0. The Morgan fingerprint density at radius 1 is 0.938 bits per heavy atom. The van der Waals surface area contributed by atoms with Gasteiger partial charge in [-0.1, -0.05) is 0 Å². The van der Waals surface area contributed by atoms with Crippen LogP contribution in [0.3, 0.4) is 0 Å². The summed E-state index contributed by atoms with van der Waals surface area (Å²) >= 11 is 0. The quantitative estimate of drug-likeness (QED) is 0.636. The van der Waals surface area contributed by atoms with E-state index in [4.69, 9.17) is 3.97 Å². The molecule has 3 nitrogen and oxygen atoms in total. The van der Waals surface area contributed by atoms with Gasteiger partial charge in [0, 0.05) is 0 Å². The molecule has 0 N–H and O–H groups in total. The molecule has 0 aromatic rings. The average Bonchev–Trinajstić information content (AvgIpc) is 2.00. The number of hydrogen-bond acceptors (Lipinski definition) is 3. The van der Waals surface area contributed by atoms with Crippen LogP contribution in [0.1, 0.15) is 40.0 Å². The summed E-state index contributed by atoms with van der Waals surface area (Å²) < 4.78 is 28.6. The van der Waals surface area contributed by atoms with Crippen molar-refractivity contribution in [1.82, 2.24) is 0 Å². The molecule has 0 rings (SSSR count). The van der Waals surface area contributed by atoms with Crippen molar-refractivity contribution in [3.63, 3.8) is 0 Å². The SMILES string of the molecule is CCCP(C)(CCC)(CCC)OS(C)(=O)=O. The predicted molar refractivity (Wildman–Crippen MR) is 74.2 cm³/mol. The van der Waals surface area contributed by atoms with E-state index >= 15 is 0 Å². The summed E-state index contributed by atoms with van der Waals surface area (Å²) in [5, 5.41) is 0. The molecule has 0 aromatic heterocycles. The van der Waals surface area contributed by atoms with Gasteiger partial charge in [0.25, 0.3) is 0 Å². The van der Waals surface area contributed by atoms with E-state index in [1.807, 2.05) is 0 Å². The Balaban J connectivity index is 5.23. The molecule has 0 aromatic carbocycles. The van der Waals surface area contributed by atoms with E-state index in [0.717, 1.165) is 37.7 Å². The zero-order valence-electron chi connectivity index (χ0n) is 11.3. The fourth-order valence-corrected chi connectivity index (χ4v) is 11.5. The van der Waals surface area contributed by atoms with Crippen LogP contribution in [0.4, 0.5) is 0 Å². The van der Waals surface area contributed by atoms with Gasteiger partial charge in [-0.2, -0.15) is 0 Å². The minimum atomic E-state index is -3.35. The molecule has 0 aliphatic carbocycles. The third-order valence-corrected chi connectivity index (χ3v) is 11.0. The Labute approximate surface area is 101 Å². The summed E-state index contributed by atoms with van der Waals surface area (Å²) in [5.74, 6) is 0. The first-order chi connectivity index (χ1) is 7.19. The fourth-order valence-electron chi connectivity index (χ4n) is 2.76. The van der Waals surface area contributed by atoms with Crippen LogP contribution in [0.15, 0.2) is 0 Å². The maximum absolute atomic E-state index is 11.5. The summed E-state index contributed by atoms with van der Waals surface area (Å²) in [7, 11) is -3.35. The molecule has 100 valence electrons. The monoisotopic (exact) mass is 270 g/mol. The summed E-state index contributed by atoms with van der Waals surface area (Å²) in [5.41, 5.74) is 0. The van der Waals surface area contributed by atoms with Crippen LogP contribution < -0.4 is 0 Å². The van der Waals surface area contributed by atoms with Gasteiger partial charge in [0.1, 0.15) is 0 Å². The Morgan fingerprint density at radius 3 is 1.44 bits per heavy atom. The first kappa shape index (κ1) is 16.3. The van der Waals surface area contributed by atoms with Gasteiger partial charge < -0.3 is 0 Å². The second kappa shape index (κ2) is 5.79. The van der Waals surface area contributed by atoms with Crippen molar-refractivity contribution in [2.24, 2.45) is 0 Å². The Bertz CT molecular complexity index is 291. The second-order valence-corrected chi connectivity index (χ2v) is 12.9. The van der Waals surface area contributed by atoms with Crippen LogP contribution in [-0.2, 0) is 14.1 Å². The van der Waals surface area contributed by atoms with Gasteiger partial charge in [-0.05, 0) is 0 Å². The summed E-state index contributed by atoms with van der Waals surface area (Å²) in [4.78, 5) is 0. The molecule has 0 spiro atoms. The predicted octanol–water partition coefficient (Wildman–Crippen LogP) is 3.29. The van der Waals surface area contributed by atoms with Crippen molar-refractivity contribution < 1.29 is 12.4 Å². The van der Waals surface area contributed by atoms with Crippen LogP contribution in [0, 0.1) is 0 Å². The summed E-state index contributed by atoms with van der Waals surface area (Å²) in [6, 6.07) is 0. The molecule has 0 fully saturated rings. The Hall–Kier alpha value is 0.340. The van der Waals surface area contributed by atoms with E-state index in [1.165, 1.54) is 6.26 Å². The second-order valence-electron chi connectivity index (χ2n) is 5.14. The molecule has 0 unspecified atom stereocenters. The van der Waals surface area contributed by atoms with Gasteiger partial charge in [-0.25, -0.2) is 0 Å². The maximum atomic E-state index is 11.5. The fraction of sp³-hybridized carbons (Fsp3) is 1.00. The molecule has 0 bridgehead atoms. The van der Waals surface area contributed by atoms with Crippen molar-refractivity contribution in [1.29, 1.82) is 0 Å². The van der Waals surface area contributed by atoms with Crippen molar-refractivity contribution in [3.8, 4) is 0 Å². The molecule has 0 radical (unpaired) electrons. The molecule has 0 aliphatic heterocycles. The number of rotatable bonds is 8. The summed E-state index contributed by atoms with van der Waals surface area (Å²) in [6.45, 7) is 5.90. The molecule has 5 heteroatoms.